The van der Waals surface area contributed by atoms with E-state index in [9.17, 15) is 9.90 Å². The predicted octanol–water partition coefficient (Wildman–Crippen LogP) is 0.775. The van der Waals surface area contributed by atoms with Gasteiger partial charge in [0.15, 0.2) is 0 Å². The molecule has 0 atom stereocenters. The first-order valence-electron chi connectivity index (χ1n) is 4.20. The predicted molar refractivity (Wildman–Crippen MR) is 41.9 cm³/mol. The Kier molecular flexibility index (Phi) is 2.49. The number of aliphatic hydroxyl groups is 1. The van der Waals surface area contributed by atoms with Crippen molar-refractivity contribution < 1.29 is 9.90 Å². The van der Waals surface area contributed by atoms with Gasteiger partial charge in [-0.2, -0.15) is 0 Å². The van der Waals surface area contributed by atoms with E-state index < -0.39 is 5.72 Å². The van der Waals surface area contributed by atoms with E-state index in [1.54, 1.807) is 6.92 Å². The Bertz CT molecular complexity index is 150. The monoisotopic (exact) mass is 157 g/mol. The maximum absolute atomic E-state index is 10.9. The summed E-state index contributed by atoms with van der Waals surface area (Å²) in [4.78, 5) is 10.9. The van der Waals surface area contributed by atoms with Gasteiger partial charge in [0.25, 0.3) is 0 Å². The number of carbonyl (C=O) groups is 1. The molecule has 0 aromatic rings. The summed E-state index contributed by atoms with van der Waals surface area (Å²) in [5.74, 6) is -0.0607. The minimum absolute atomic E-state index is 0.0607. The summed E-state index contributed by atoms with van der Waals surface area (Å²) >= 11 is 0. The molecule has 1 saturated carbocycles. The summed E-state index contributed by atoms with van der Waals surface area (Å²) in [6.45, 7) is 1.79. The average molecular weight is 157 g/mol. The van der Waals surface area contributed by atoms with Crippen LogP contribution in [0.4, 0.5) is 0 Å². The van der Waals surface area contributed by atoms with E-state index in [0.29, 0.717) is 19.3 Å². The zero-order valence-corrected chi connectivity index (χ0v) is 6.89. The molecular weight excluding hydrogens is 142 g/mol. The summed E-state index contributed by atoms with van der Waals surface area (Å²) in [6.07, 6.45) is 3.89. The van der Waals surface area contributed by atoms with E-state index in [2.05, 4.69) is 5.32 Å². The van der Waals surface area contributed by atoms with Crippen molar-refractivity contribution in [3.63, 3.8) is 0 Å². The fourth-order valence-corrected chi connectivity index (χ4v) is 1.43. The van der Waals surface area contributed by atoms with Crippen LogP contribution in [0, 0.1) is 0 Å². The molecule has 1 rings (SSSR count). The summed E-state index contributed by atoms with van der Waals surface area (Å²) in [6, 6.07) is 0. The molecule has 0 heterocycles. The van der Waals surface area contributed by atoms with Crippen molar-refractivity contribution in [2.45, 2.75) is 44.8 Å². The number of amides is 1. The van der Waals surface area contributed by atoms with Gasteiger partial charge in [0.2, 0.25) is 5.91 Å². The van der Waals surface area contributed by atoms with Crippen LogP contribution in [-0.4, -0.2) is 16.7 Å². The molecule has 0 bridgehead atoms. The lowest BCUT2D eigenvalue weighted by Crippen LogP contribution is -2.45. The van der Waals surface area contributed by atoms with E-state index in [1.807, 2.05) is 0 Å². The van der Waals surface area contributed by atoms with Crippen molar-refractivity contribution in [3.8, 4) is 0 Å². The molecule has 2 N–H and O–H groups in total. The molecule has 3 nitrogen and oxygen atoms in total. The summed E-state index contributed by atoms with van der Waals surface area (Å²) in [5, 5.41) is 12.3. The van der Waals surface area contributed by atoms with Crippen LogP contribution in [0.1, 0.15) is 39.0 Å². The highest BCUT2D eigenvalue weighted by Gasteiger charge is 2.31. The molecule has 1 fully saturated rings. The maximum atomic E-state index is 10.9. The van der Waals surface area contributed by atoms with Gasteiger partial charge >= 0.3 is 0 Å². The van der Waals surface area contributed by atoms with Gasteiger partial charge in [0.05, 0.1) is 0 Å². The van der Waals surface area contributed by atoms with E-state index in [-0.39, 0.29) is 5.91 Å². The first kappa shape index (κ1) is 8.53. The molecule has 11 heavy (non-hydrogen) atoms. The number of nitrogens with one attached hydrogen (secondary N) is 1. The number of hydrogen-bond donors (Lipinski definition) is 2. The van der Waals surface area contributed by atoms with Crippen molar-refractivity contribution in [1.29, 1.82) is 0 Å². The summed E-state index contributed by atoms with van der Waals surface area (Å²) in [5.41, 5.74) is -0.882. The third kappa shape index (κ3) is 2.19. The second-order valence-electron chi connectivity index (χ2n) is 3.14. The van der Waals surface area contributed by atoms with Crippen molar-refractivity contribution in [3.05, 3.63) is 0 Å². The van der Waals surface area contributed by atoms with Crippen LogP contribution in [0.3, 0.4) is 0 Å². The van der Waals surface area contributed by atoms with Crippen LogP contribution < -0.4 is 5.32 Å². The van der Waals surface area contributed by atoms with Gasteiger partial charge in [0.1, 0.15) is 5.72 Å². The van der Waals surface area contributed by atoms with Gasteiger partial charge in [0, 0.05) is 6.42 Å². The van der Waals surface area contributed by atoms with Crippen LogP contribution in [0.15, 0.2) is 0 Å². The fourth-order valence-electron chi connectivity index (χ4n) is 1.43. The molecular formula is C8H15NO2. The maximum Gasteiger partial charge on any atom is 0.221 e. The van der Waals surface area contributed by atoms with Crippen LogP contribution in [-0.2, 0) is 4.79 Å². The highest BCUT2D eigenvalue weighted by atomic mass is 16.3. The topological polar surface area (TPSA) is 49.3 Å². The second-order valence-corrected chi connectivity index (χ2v) is 3.14. The van der Waals surface area contributed by atoms with E-state index in [1.165, 1.54) is 0 Å². The number of rotatable bonds is 2. The van der Waals surface area contributed by atoms with Crippen LogP contribution in [0.5, 0.6) is 0 Å². The van der Waals surface area contributed by atoms with Gasteiger partial charge in [-0.25, -0.2) is 0 Å². The van der Waals surface area contributed by atoms with Gasteiger partial charge < -0.3 is 10.4 Å². The molecule has 0 aromatic heterocycles. The molecule has 3 heteroatoms. The standard InChI is InChI=1S/C8H15NO2/c1-2-7(10)9-8(11)5-3-4-6-8/h11H,2-6H2,1H3,(H,9,10). The minimum atomic E-state index is -0.882. The Morgan fingerprint density at radius 2 is 2.09 bits per heavy atom. The first-order chi connectivity index (χ1) is 5.16. The molecule has 1 aliphatic carbocycles. The first-order valence-corrected chi connectivity index (χ1v) is 4.20. The Morgan fingerprint density at radius 3 is 2.55 bits per heavy atom. The third-order valence-electron chi connectivity index (χ3n) is 2.12. The Balaban J connectivity index is 2.39. The Hall–Kier alpha value is -0.570. The van der Waals surface area contributed by atoms with Crippen molar-refractivity contribution in [2.24, 2.45) is 0 Å². The molecule has 0 spiro atoms. The lowest BCUT2D eigenvalue weighted by molar-refractivity contribution is -0.128. The minimum Gasteiger partial charge on any atom is -0.371 e. The average Bonchev–Trinajstić information content (AvgIpc) is 2.36. The lowest BCUT2D eigenvalue weighted by Gasteiger charge is -2.23. The molecule has 1 aliphatic rings. The lowest BCUT2D eigenvalue weighted by atomic mass is 10.2. The molecule has 0 radical (unpaired) electrons. The number of carbonyl (C=O) groups excluding carboxylic acids is 1. The molecule has 0 saturated heterocycles. The SMILES string of the molecule is CCC(=O)NC1(O)CCCC1. The van der Waals surface area contributed by atoms with Gasteiger partial charge in [-0.05, 0) is 25.7 Å². The van der Waals surface area contributed by atoms with Crippen LogP contribution in [0.25, 0.3) is 0 Å². The van der Waals surface area contributed by atoms with Gasteiger partial charge in [-0.15, -0.1) is 0 Å². The van der Waals surface area contributed by atoms with Crippen molar-refractivity contribution >= 4 is 5.91 Å². The van der Waals surface area contributed by atoms with Crippen molar-refractivity contribution in [2.75, 3.05) is 0 Å². The number of hydrogen-bond acceptors (Lipinski definition) is 2. The third-order valence-corrected chi connectivity index (χ3v) is 2.12. The Labute approximate surface area is 66.8 Å². The largest absolute Gasteiger partial charge is 0.371 e. The quantitative estimate of drug-likeness (QED) is 0.582. The molecule has 64 valence electrons. The van der Waals surface area contributed by atoms with E-state index >= 15 is 0 Å². The Morgan fingerprint density at radius 1 is 1.55 bits per heavy atom. The highest BCUT2D eigenvalue weighted by molar-refractivity contribution is 5.76. The van der Waals surface area contributed by atoms with E-state index in [4.69, 9.17) is 0 Å². The summed E-state index contributed by atoms with van der Waals surface area (Å²) < 4.78 is 0. The normalized spacial score (nSPS) is 21.6. The van der Waals surface area contributed by atoms with Gasteiger partial charge in [-0.3, -0.25) is 4.79 Å². The van der Waals surface area contributed by atoms with Crippen LogP contribution >= 0.6 is 0 Å². The smallest absolute Gasteiger partial charge is 0.221 e. The second kappa shape index (κ2) is 3.22. The molecule has 0 unspecified atom stereocenters. The van der Waals surface area contributed by atoms with E-state index in [0.717, 1.165) is 12.8 Å². The zero-order chi connectivity index (χ0) is 8.32. The van der Waals surface area contributed by atoms with Crippen LogP contribution in [0.2, 0.25) is 0 Å². The van der Waals surface area contributed by atoms with Gasteiger partial charge in [-0.1, -0.05) is 6.92 Å². The molecule has 1 amide bonds. The molecule has 0 aliphatic heterocycles. The fraction of sp³-hybridized carbons (Fsp3) is 0.875. The highest BCUT2D eigenvalue weighted by Crippen LogP contribution is 2.26. The molecule has 0 aromatic carbocycles. The zero-order valence-electron chi connectivity index (χ0n) is 6.89. The summed E-state index contributed by atoms with van der Waals surface area (Å²) in [7, 11) is 0. The van der Waals surface area contributed by atoms with Crippen molar-refractivity contribution in [1.82, 2.24) is 5.32 Å².